The lowest BCUT2D eigenvalue weighted by Crippen LogP contribution is -2.03. The number of benzene rings is 2. The minimum Gasteiger partial charge on any atom is -0.289 e. The highest BCUT2D eigenvalue weighted by Crippen LogP contribution is 2.20. The summed E-state index contributed by atoms with van der Waals surface area (Å²) in [5.74, 6) is 0. The van der Waals surface area contributed by atoms with Crippen LogP contribution in [-0.2, 0) is 6.42 Å². The number of halogens is 3. The van der Waals surface area contributed by atoms with Crippen LogP contribution in [0.15, 0.2) is 47.5 Å². The third-order valence-electron chi connectivity index (χ3n) is 2.85. The van der Waals surface area contributed by atoms with E-state index >= 15 is 0 Å². The SMILES string of the molecule is CC(Cc1cccc(Cl)c1)N=Cc1ccc(Cl)cc1Cl. The monoisotopic (exact) mass is 325 g/mol. The molecule has 1 atom stereocenters. The summed E-state index contributed by atoms with van der Waals surface area (Å²) in [7, 11) is 0. The Kier molecular flexibility index (Phi) is 5.47. The molecule has 0 bridgehead atoms. The largest absolute Gasteiger partial charge is 0.289 e. The van der Waals surface area contributed by atoms with Crippen LogP contribution in [0.1, 0.15) is 18.1 Å². The molecular weight excluding hydrogens is 313 g/mol. The number of rotatable bonds is 4. The van der Waals surface area contributed by atoms with Crippen LogP contribution in [0.5, 0.6) is 0 Å². The molecule has 0 aliphatic carbocycles. The Bertz CT molecular complexity index is 623. The molecule has 0 aliphatic rings. The quantitative estimate of drug-likeness (QED) is 0.639. The standard InChI is InChI=1S/C16H14Cl3N/c1-11(7-12-3-2-4-14(17)8-12)20-10-13-5-6-15(18)9-16(13)19/h2-6,8-11H,7H2,1H3. The third-order valence-corrected chi connectivity index (χ3v) is 3.65. The van der Waals surface area contributed by atoms with Gasteiger partial charge in [-0.05, 0) is 43.2 Å². The molecule has 0 radical (unpaired) electrons. The first kappa shape index (κ1) is 15.4. The van der Waals surface area contributed by atoms with Crippen LogP contribution in [0, 0.1) is 0 Å². The van der Waals surface area contributed by atoms with Gasteiger partial charge in [-0.2, -0.15) is 0 Å². The summed E-state index contributed by atoms with van der Waals surface area (Å²) in [4.78, 5) is 4.51. The van der Waals surface area contributed by atoms with Crippen LogP contribution in [0.25, 0.3) is 0 Å². The van der Waals surface area contributed by atoms with E-state index in [4.69, 9.17) is 34.8 Å². The molecule has 2 rings (SSSR count). The van der Waals surface area contributed by atoms with Gasteiger partial charge >= 0.3 is 0 Å². The van der Waals surface area contributed by atoms with Crippen molar-refractivity contribution in [2.45, 2.75) is 19.4 Å². The van der Waals surface area contributed by atoms with Gasteiger partial charge in [-0.15, -0.1) is 0 Å². The minimum atomic E-state index is 0.153. The zero-order chi connectivity index (χ0) is 14.5. The second-order valence-corrected chi connectivity index (χ2v) is 5.91. The maximum Gasteiger partial charge on any atom is 0.0512 e. The van der Waals surface area contributed by atoms with Gasteiger partial charge in [-0.25, -0.2) is 0 Å². The highest BCUT2D eigenvalue weighted by Gasteiger charge is 2.03. The highest BCUT2D eigenvalue weighted by molar-refractivity contribution is 6.36. The minimum absolute atomic E-state index is 0.153. The van der Waals surface area contributed by atoms with E-state index in [-0.39, 0.29) is 6.04 Å². The second kappa shape index (κ2) is 7.12. The van der Waals surface area contributed by atoms with E-state index in [0.717, 1.165) is 17.0 Å². The van der Waals surface area contributed by atoms with Crippen molar-refractivity contribution in [1.29, 1.82) is 0 Å². The molecular formula is C16H14Cl3N. The van der Waals surface area contributed by atoms with Gasteiger partial charge < -0.3 is 0 Å². The first-order valence-corrected chi connectivity index (χ1v) is 7.40. The van der Waals surface area contributed by atoms with Crippen molar-refractivity contribution in [3.63, 3.8) is 0 Å². The van der Waals surface area contributed by atoms with Crippen molar-refractivity contribution in [2.75, 3.05) is 0 Å². The van der Waals surface area contributed by atoms with Crippen LogP contribution >= 0.6 is 34.8 Å². The van der Waals surface area contributed by atoms with Crippen molar-refractivity contribution in [3.8, 4) is 0 Å². The van der Waals surface area contributed by atoms with Crippen LogP contribution in [0.4, 0.5) is 0 Å². The molecule has 0 amide bonds. The third kappa shape index (κ3) is 4.52. The van der Waals surface area contributed by atoms with E-state index in [1.807, 2.05) is 30.3 Å². The topological polar surface area (TPSA) is 12.4 Å². The Morgan fingerprint density at radius 3 is 2.50 bits per heavy atom. The zero-order valence-corrected chi connectivity index (χ0v) is 13.3. The molecule has 0 aromatic heterocycles. The van der Waals surface area contributed by atoms with Gasteiger partial charge in [-0.1, -0.05) is 53.0 Å². The van der Waals surface area contributed by atoms with E-state index in [0.29, 0.717) is 10.0 Å². The summed E-state index contributed by atoms with van der Waals surface area (Å²) < 4.78 is 0. The predicted molar refractivity (Wildman–Crippen MR) is 88.7 cm³/mol. The molecule has 104 valence electrons. The summed E-state index contributed by atoms with van der Waals surface area (Å²) in [6.07, 6.45) is 2.62. The van der Waals surface area contributed by atoms with E-state index in [1.54, 1.807) is 18.3 Å². The molecule has 0 aliphatic heterocycles. The molecule has 0 spiro atoms. The van der Waals surface area contributed by atoms with Crippen LogP contribution in [0.3, 0.4) is 0 Å². The number of hydrogen-bond acceptors (Lipinski definition) is 1. The fourth-order valence-electron chi connectivity index (χ4n) is 1.87. The summed E-state index contributed by atoms with van der Waals surface area (Å²) in [6, 6.07) is 13.4. The van der Waals surface area contributed by atoms with Gasteiger partial charge in [0.25, 0.3) is 0 Å². The van der Waals surface area contributed by atoms with Gasteiger partial charge in [0, 0.05) is 21.8 Å². The van der Waals surface area contributed by atoms with Crippen molar-refractivity contribution in [3.05, 3.63) is 68.7 Å². The molecule has 0 fully saturated rings. The molecule has 0 heterocycles. The lowest BCUT2D eigenvalue weighted by Gasteiger charge is -2.07. The second-order valence-electron chi connectivity index (χ2n) is 4.63. The molecule has 0 saturated carbocycles. The van der Waals surface area contributed by atoms with Gasteiger partial charge in [-0.3, -0.25) is 4.99 Å². The van der Waals surface area contributed by atoms with Gasteiger partial charge in [0.05, 0.1) is 11.1 Å². The van der Waals surface area contributed by atoms with Crippen LogP contribution < -0.4 is 0 Å². The number of aliphatic imine (C=N–C) groups is 1. The van der Waals surface area contributed by atoms with Crippen molar-refractivity contribution in [2.24, 2.45) is 4.99 Å². The molecule has 2 aromatic carbocycles. The van der Waals surface area contributed by atoms with Crippen molar-refractivity contribution >= 4 is 41.0 Å². The zero-order valence-electron chi connectivity index (χ0n) is 11.0. The lowest BCUT2D eigenvalue weighted by atomic mass is 10.1. The Morgan fingerprint density at radius 2 is 1.80 bits per heavy atom. The smallest absolute Gasteiger partial charge is 0.0512 e. The fraction of sp³-hybridized carbons (Fsp3) is 0.188. The maximum atomic E-state index is 6.10. The molecule has 1 nitrogen and oxygen atoms in total. The first-order valence-electron chi connectivity index (χ1n) is 6.27. The molecule has 20 heavy (non-hydrogen) atoms. The van der Waals surface area contributed by atoms with Crippen molar-refractivity contribution < 1.29 is 0 Å². The average molecular weight is 327 g/mol. The summed E-state index contributed by atoms with van der Waals surface area (Å²) in [5, 5.41) is 1.98. The van der Waals surface area contributed by atoms with Crippen LogP contribution in [0.2, 0.25) is 15.1 Å². The maximum absolute atomic E-state index is 6.10. The van der Waals surface area contributed by atoms with E-state index in [2.05, 4.69) is 11.9 Å². The number of hydrogen-bond donors (Lipinski definition) is 0. The Morgan fingerprint density at radius 1 is 1.05 bits per heavy atom. The number of nitrogens with zero attached hydrogens (tertiary/aromatic N) is 1. The van der Waals surface area contributed by atoms with Gasteiger partial charge in [0.15, 0.2) is 0 Å². The van der Waals surface area contributed by atoms with Gasteiger partial charge in [0.2, 0.25) is 0 Å². The molecule has 2 aromatic rings. The predicted octanol–water partition coefficient (Wildman–Crippen LogP) is 5.70. The summed E-state index contributed by atoms with van der Waals surface area (Å²) in [5.41, 5.74) is 2.04. The summed E-state index contributed by atoms with van der Waals surface area (Å²) >= 11 is 17.9. The average Bonchev–Trinajstić information content (AvgIpc) is 2.37. The summed E-state index contributed by atoms with van der Waals surface area (Å²) in [6.45, 7) is 2.06. The highest BCUT2D eigenvalue weighted by atomic mass is 35.5. The fourth-order valence-corrected chi connectivity index (χ4v) is 2.54. The molecule has 1 unspecified atom stereocenters. The van der Waals surface area contributed by atoms with E-state index in [9.17, 15) is 0 Å². The van der Waals surface area contributed by atoms with Crippen molar-refractivity contribution in [1.82, 2.24) is 0 Å². The first-order chi connectivity index (χ1) is 9.54. The molecule has 0 N–H and O–H groups in total. The molecule has 0 saturated heterocycles. The normalized spacial score (nSPS) is 12.8. The Hall–Kier alpha value is -1.02. The Labute approximate surface area is 134 Å². The van der Waals surface area contributed by atoms with E-state index in [1.165, 1.54) is 5.56 Å². The molecule has 4 heteroatoms. The van der Waals surface area contributed by atoms with Gasteiger partial charge in [0.1, 0.15) is 0 Å². The van der Waals surface area contributed by atoms with E-state index < -0.39 is 0 Å². The lowest BCUT2D eigenvalue weighted by molar-refractivity contribution is 0.744. The Balaban J connectivity index is 2.03. The van der Waals surface area contributed by atoms with Crippen LogP contribution in [-0.4, -0.2) is 12.3 Å².